The molecule has 7 nitrogen and oxygen atoms in total. The number of carbonyl (C=O) groups is 2. The van der Waals surface area contributed by atoms with Gasteiger partial charge in [-0.3, -0.25) is 14.4 Å². The number of piperidine rings is 1. The summed E-state index contributed by atoms with van der Waals surface area (Å²) in [5.41, 5.74) is 2.72. The summed E-state index contributed by atoms with van der Waals surface area (Å²) in [6.45, 7) is 4.38. The number of carbonyl (C=O) groups excluding carboxylic acids is 2. The van der Waals surface area contributed by atoms with Crippen molar-refractivity contribution in [3.63, 3.8) is 0 Å². The van der Waals surface area contributed by atoms with Crippen LogP contribution in [0.3, 0.4) is 0 Å². The zero-order valence-electron chi connectivity index (χ0n) is 18.9. The van der Waals surface area contributed by atoms with Crippen LogP contribution in [-0.2, 0) is 29.0 Å². The van der Waals surface area contributed by atoms with E-state index in [2.05, 4.69) is 0 Å². The number of hydrogen-bond acceptors (Lipinski definition) is 4. The van der Waals surface area contributed by atoms with Crippen molar-refractivity contribution in [2.75, 3.05) is 26.7 Å². The molecule has 0 spiro atoms. The third-order valence-electron chi connectivity index (χ3n) is 6.60. The summed E-state index contributed by atoms with van der Waals surface area (Å²) in [6.07, 6.45) is 4.51. The van der Waals surface area contributed by atoms with Crippen LogP contribution in [0, 0.1) is 0 Å². The Morgan fingerprint density at radius 3 is 2.44 bits per heavy atom. The Labute approximate surface area is 188 Å². The van der Waals surface area contributed by atoms with Crippen LogP contribution in [0.1, 0.15) is 53.2 Å². The molecule has 0 atom stereocenters. The largest absolute Gasteiger partial charge is 0.381 e. The summed E-state index contributed by atoms with van der Waals surface area (Å²) in [4.78, 5) is 43.0. The van der Waals surface area contributed by atoms with Crippen LogP contribution in [0.2, 0.25) is 0 Å². The predicted octanol–water partition coefficient (Wildman–Crippen LogP) is 2.44. The zero-order chi connectivity index (χ0) is 22.7. The summed E-state index contributed by atoms with van der Waals surface area (Å²) in [5, 5.41) is 0. The molecular formula is C25H31N3O4. The molecule has 3 heterocycles. The second kappa shape index (κ2) is 9.69. The Balaban J connectivity index is 1.72. The van der Waals surface area contributed by atoms with Crippen LogP contribution in [0.5, 0.6) is 0 Å². The van der Waals surface area contributed by atoms with Crippen LogP contribution in [0.25, 0.3) is 0 Å². The van der Waals surface area contributed by atoms with E-state index in [1.54, 1.807) is 16.6 Å². The van der Waals surface area contributed by atoms with Gasteiger partial charge in [0.2, 0.25) is 5.91 Å². The maximum Gasteiger partial charge on any atom is 0.264 e. The fourth-order valence-corrected chi connectivity index (χ4v) is 4.72. The van der Waals surface area contributed by atoms with E-state index in [1.165, 1.54) is 0 Å². The summed E-state index contributed by atoms with van der Waals surface area (Å²) in [5.74, 6) is -0.107. The highest BCUT2D eigenvalue weighted by Crippen LogP contribution is 2.24. The van der Waals surface area contributed by atoms with Crippen molar-refractivity contribution < 1.29 is 14.3 Å². The number of fused-ring (bicyclic) bond motifs is 1. The van der Waals surface area contributed by atoms with Crippen LogP contribution in [0.15, 0.2) is 41.3 Å². The number of likely N-dealkylation sites (tertiary alicyclic amines) is 1. The molecule has 0 N–H and O–H groups in total. The molecule has 0 saturated carbocycles. The molecule has 1 aromatic heterocycles. The van der Waals surface area contributed by atoms with Gasteiger partial charge in [-0.25, -0.2) is 0 Å². The SMILES string of the molecule is CCC(=O)N1CCc2c(cn(Cc3ccccc3)c(=O)c2C(=O)N2CCC(OC)CC2)C1. The number of rotatable bonds is 5. The highest BCUT2D eigenvalue weighted by Gasteiger charge is 2.31. The van der Waals surface area contributed by atoms with Crippen LogP contribution >= 0.6 is 0 Å². The third-order valence-corrected chi connectivity index (χ3v) is 6.60. The minimum atomic E-state index is -0.248. The summed E-state index contributed by atoms with van der Waals surface area (Å²) >= 11 is 0. The first-order valence-corrected chi connectivity index (χ1v) is 11.4. The van der Waals surface area contributed by atoms with Crippen molar-refractivity contribution in [1.29, 1.82) is 0 Å². The normalized spacial score (nSPS) is 16.7. The van der Waals surface area contributed by atoms with Gasteiger partial charge < -0.3 is 19.1 Å². The van der Waals surface area contributed by atoms with E-state index in [-0.39, 0.29) is 29.0 Å². The fourth-order valence-electron chi connectivity index (χ4n) is 4.72. The van der Waals surface area contributed by atoms with Crippen molar-refractivity contribution in [1.82, 2.24) is 14.4 Å². The molecule has 2 amide bonds. The first kappa shape index (κ1) is 22.3. The maximum atomic E-state index is 13.6. The van der Waals surface area contributed by atoms with Crippen molar-refractivity contribution in [2.45, 2.75) is 51.8 Å². The molecular weight excluding hydrogens is 406 g/mol. The van der Waals surface area contributed by atoms with Gasteiger partial charge in [-0.2, -0.15) is 0 Å². The predicted molar refractivity (Wildman–Crippen MR) is 122 cm³/mol. The number of hydrogen-bond donors (Lipinski definition) is 0. The highest BCUT2D eigenvalue weighted by atomic mass is 16.5. The fraction of sp³-hybridized carbons (Fsp3) is 0.480. The summed E-state index contributed by atoms with van der Waals surface area (Å²) in [7, 11) is 1.70. The van der Waals surface area contributed by atoms with Gasteiger partial charge in [0.25, 0.3) is 11.5 Å². The van der Waals surface area contributed by atoms with E-state index in [9.17, 15) is 14.4 Å². The molecule has 170 valence electrons. The van der Waals surface area contributed by atoms with Gasteiger partial charge >= 0.3 is 0 Å². The monoisotopic (exact) mass is 437 g/mol. The molecule has 1 aromatic carbocycles. The van der Waals surface area contributed by atoms with Crippen molar-refractivity contribution >= 4 is 11.8 Å². The zero-order valence-corrected chi connectivity index (χ0v) is 18.9. The molecule has 7 heteroatoms. The molecule has 2 aliphatic heterocycles. The van der Waals surface area contributed by atoms with E-state index in [0.717, 1.165) is 29.5 Å². The Morgan fingerprint density at radius 1 is 1.06 bits per heavy atom. The minimum absolute atomic E-state index is 0.0889. The number of methoxy groups -OCH3 is 1. The third kappa shape index (κ3) is 4.48. The first-order chi connectivity index (χ1) is 15.5. The number of amides is 2. The summed E-state index contributed by atoms with van der Waals surface area (Å²) in [6, 6.07) is 9.75. The van der Waals surface area contributed by atoms with Crippen LogP contribution in [0.4, 0.5) is 0 Å². The quantitative estimate of drug-likeness (QED) is 0.720. The van der Waals surface area contributed by atoms with Crippen molar-refractivity contribution in [3.05, 3.63) is 69.1 Å². The smallest absolute Gasteiger partial charge is 0.264 e. The van der Waals surface area contributed by atoms with Crippen molar-refractivity contribution in [2.24, 2.45) is 0 Å². The lowest BCUT2D eigenvalue weighted by atomic mass is 9.94. The number of ether oxygens (including phenoxy) is 1. The summed E-state index contributed by atoms with van der Waals surface area (Å²) < 4.78 is 7.06. The van der Waals surface area contributed by atoms with E-state index in [1.807, 2.05) is 48.4 Å². The van der Waals surface area contributed by atoms with Gasteiger partial charge in [-0.1, -0.05) is 37.3 Å². The van der Waals surface area contributed by atoms with Gasteiger partial charge in [0, 0.05) is 45.9 Å². The highest BCUT2D eigenvalue weighted by molar-refractivity contribution is 5.96. The van der Waals surface area contributed by atoms with Gasteiger partial charge in [0.05, 0.1) is 12.6 Å². The number of benzene rings is 1. The second-order valence-electron chi connectivity index (χ2n) is 8.57. The van der Waals surface area contributed by atoms with E-state index in [4.69, 9.17) is 4.74 Å². The molecule has 1 saturated heterocycles. The van der Waals surface area contributed by atoms with Gasteiger partial charge in [-0.15, -0.1) is 0 Å². The molecule has 0 radical (unpaired) electrons. The molecule has 32 heavy (non-hydrogen) atoms. The van der Waals surface area contributed by atoms with E-state index in [0.29, 0.717) is 45.6 Å². The van der Waals surface area contributed by atoms with Crippen LogP contribution < -0.4 is 5.56 Å². The number of nitrogens with zero attached hydrogens (tertiary/aromatic N) is 3. The Kier molecular flexibility index (Phi) is 6.74. The van der Waals surface area contributed by atoms with Gasteiger partial charge in [0.1, 0.15) is 5.56 Å². The maximum absolute atomic E-state index is 13.6. The lowest BCUT2D eigenvalue weighted by molar-refractivity contribution is -0.131. The minimum Gasteiger partial charge on any atom is -0.381 e. The first-order valence-electron chi connectivity index (χ1n) is 11.4. The van der Waals surface area contributed by atoms with E-state index < -0.39 is 0 Å². The molecule has 2 aliphatic rings. The standard InChI is InChI=1S/C25H31N3O4/c1-3-22(29)27-14-11-21-19(16-27)17-28(15-18-7-5-4-6-8-18)25(31)23(21)24(30)26-12-9-20(32-2)10-13-26/h4-8,17,20H,3,9-16H2,1-2H3. The lowest BCUT2D eigenvalue weighted by Crippen LogP contribution is -2.45. The molecule has 4 rings (SSSR count). The van der Waals surface area contributed by atoms with Crippen LogP contribution in [-0.4, -0.2) is 59.0 Å². The topological polar surface area (TPSA) is 71.9 Å². The molecule has 0 aliphatic carbocycles. The Hall–Kier alpha value is -2.93. The molecule has 0 bridgehead atoms. The van der Waals surface area contributed by atoms with Crippen molar-refractivity contribution in [3.8, 4) is 0 Å². The number of aromatic nitrogens is 1. The Morgan fingerprint density at radius 2 is 1.78 bits per heavy atom. The van der Waals surface area contributed by atoms with Gasteiger partial charge in [-0.05, 0) is 36.0 Å². The Bertz CT molecular complexity index is 1040. The molecule has 2 aromatic rings. The van der Waals surface area contributed by atoms with Gasteiger partial charge in [0.15, 0.2) is 0 Å². The number of pyridine rings is 1. The molecule has 0 unspecified atom stereocenters. The van der Waals surface area contributed by atoms with E-state index >= 15 is 0 Å². The second-order valence-corrected chi connectivity index (χ2v) is 8.57. The molecule has 1 fully saturated rings. The average Bonchev–Trinajstić information content (AvgIpc) is 2.84. The lowest BCUT2D eigenvalue weighted by Gasteiger charge is -2.34. The average molecular weight is 438 g/mol.